The molecule has 15 N–H and O–H groups in total. The van der Waals surface area contributed by atoms with E-state index >= 15 is 0 Å². The number of carbonyl (C=O) groups is 3. The molecule has 0 aliphatic carbocycles. The molecule has 0 aliphatic heterocycles. The molecule has 21 nitrogen and oxygen atoms in total. The number of aliphatic hydroxyl groups is 15. The predicted octanol–water partition coefficient (Wildman–Crippen LogP) is -14.5. The molecule has 40 heavy (non-hydrogen) atoms. The zero-order valence-corrected chi connectivity index (χ0v) is 22.8. The van der Waals surface area contributed by atoms with Gasteiger partial charge >= 0.3 is 20.4 Å². The van der Waals surface area contributed by atoms with Crippen molar-refractivity contribution in [2.45, 2.75) is 73.2 Å². The Bertz CT molecular complexity index is 608. The predicted molar refractivity (Wildman–Crippen MR) is 108 cm³/mol. The van der Waals surface area contributed by atoms with Gasteiger partial charge in [0.1, 0.15) is 73.2 Å². The first-order valence-corrected chi connectivity index (χ1v) is 10.4. The summed E-state index contributed by atoms with van der Waals surface area (Å²) >= 11 is 0. The van der Waals surface area contributed by atoms with Gasteiger partial charge in [-0.05, 0) is 0 Å². The van der Waals surface area contributed by atoms with Crippen molar-refractivity contribution in [3.8, 4) is 0 Å². The van der Waals surface area contributed by atoms with Crippen molar-refractivity contribution < 1.29 is 127 Å². The fourth-order valence-corrected chi connectivity index (χ4v) is 1.99. The fraction of sp³-hybridized carbons (Fsp3) is 0.833. The summed E-state index contributed by atoms with van der Waals surface area (Å²) in [5, 5.41) is 160. The molecule has 0 aromatic carbocycles. The number of hydrogen-bond acceptors (Lipinski definition) is 21. The van der Waals surface area contributed by atoms with Gasteiger partial charge in [0.25, 0.3) is 0 Å². The minimum atomic E-state index is -2.31. The summed E-state index contributed by atoms with van der Waals surface area (Å²) in [7, 11) is 0. The van der Waals surface area contributed by atoms with E-state index in [0.717, 1.165) is 0 Å². The molecule has 0 fully saturated rings. The van der Waals surface area contributed by atoms with E-state index in [-0.39, 0.29) is 20.4 Å². The molecule has 22 heteroatoms. The van der Waals surface area contributed by atoms with Crippen molar-refractivity contribution in [3.05, 3.63) is 0 Å². The number of rotatable bonds is 15. The summed E-state index contributed by atoms with van der Waals surface area (Å²) in [4.78, 5) is 29.9. The van der Waals surface area contributed by atoms with Gasteiger partial charge < -0.3 is 106 Å². The van der Waals surface area contributed by atoms with Crippen LogP contribution in [0.3, 0.4) is 0 Å². The first-order chi connectivity index (χ1) is 17.7. The monoisotopic (exact) mass is 772 g/mol. The van der Waals surface area contributed by atoms with Crippen LogP contribution in [0.1, 0.15) is 0 Å². The number of carbonyl (C=O) groups excluding carboxylic acids is 3. The molecule has 0 saturated carbocycles. The van der Waals surface area contributed by atoms with Crippen molar-refractivity contribution in [1.82, 2.24) is 0 Å². The Hall–Kier alpha value is -1.53. The minimum absolute atomic E-state index is 0. The van der Waals surface area contributed by atoms with E-state index in [1.54, 1.807) is 0 Å². The molecular weight excluding hydrogens is 738 g/mol. The third-order valence-electron chi connectivity index (χ3n) is 4.49. The van der Waals surface area contributed by atoms with Gasteiger partial charge in [0.2, 0.25) is 0 Å². The van der Waals surface area contributed by atoms with E-state index in [9.17, 15) is 29.7 Å². The van der Waals surface area contributed by atoms with Gasteiger partial charge in [-0.25, -0.2) is 0 Å². The summed E-state index contributed by atoms with van der Waals surface area (Å²) in [5.74, 6) is -5.93. The van der Waals surface area contributed by atoms with Gasteiger partial charge in [-0.1, -0.05) is 0 Å². The van der Waals surface area contributed by atoms with Crippen molar-refractivity contribution in [1.29, 1.82) is 0 Å². The van der Waals surface area contributed by atoms with E-state index in [1.165, 1.54) is 0 Å². The third-order valence-corrected chi connectivity index (χ3v) is 4.49. The Morgan fingerprint density at radius 2 is 0.550 bits per heavy atom. The van der Waals surface area contributed by atoms with E-state index in [0.29, 0.717) is 0 Å². The van der Waals surface area contributed by atoms with Crippen LogP contribution in [0.15, 0.2) is 0 Å². The maximum Gasteiger partial charge on any atom is 3.00 e. The Kier molecular flexibility index (Phi) is 26.2. The average Bonchev–Trinajstić information content (AvgIpc) is 2.92. The van der Waals surface area contributed by atoms with E-state index < -0.39 is 111 Å². The van der Waals surface area contributed by atoms with Crippen molar-refractivity contribution in [2.24, 2.45) is 0 Å². The summed E-state index contributed by atoms with van der Waals surface area (Å²) in [5.41, 5.74) is 0. The number of hydrogen-bond donors (Lipinski definition) is 15. The van der Waals surface area contributed by atoms with Crippen LogP contribution < -0.4 is 15.3 Å². The van der Waals surface area contributed by atoms with E-state index in [4.69, 9.17) is 76.6 Å². The quantitative estimate of drug-likeness (QED) is 0.0735. The smallest absolute Gasteiger partial charge is 0.547 e. The summed E-state index contributed by atoms with van der Waals surface area (Å²) in [6.45, 7) is -2.59. The second-order valence-corrected chi connectivity index (χ2v) is 7.48. The summed E-state index contributed by atoms with van der Waals surface area (Å²) in [6, 6.07) is 0. The molecular formula is C18H33O21Re. The molecule has 0 spiro atoms. The van der Waals surface area contributed by atoms with Gasteiger partial charge in [0.05, 0.1) is 37.7 Å². The average molecular weight is 772 g/mol. The van der Waals surface area contributed by atoms with Crippen LogP contribution in [0.4, 0.5) is 0 Å². The molecule has 0 heterocycles. The van der Waals surface area contributed by atoms with Crippen LogP contribution in [0.5, 0.6) is 0 Å². The second kappa shape index (κ2) is 23.1. The van der Waals surface area contributed by atoms with Gasteiger partial charge in [0.15, 0.2) is 0 Å². The number of aliphatic hydroxyl groups excluding tert-OH is 15. The van der Waals surface area contributed by atoms with Gasteiger partial charge in [-0.15, -0.1) is 0 Å². The molecule has 0 aromatic rings. The zero-order valence-electron chi connectivity index (χ0n) is 20.1. The number of aliphatic carboxylic acids is 3. The molecule has 0 unspecified atom stereocenters. The third kappa shape index (κ3) is 16.7. The number of carboxylic acid groups (broad SMARTS) is 3. The molecule has 0 amide bonds. The Balaban J connectivity index is -0.000000240. The number of carboxylic acids is 3. The molecule has 0 aliphatic rings. The van der Waals surface area contributed by atoms with E-state index in [1.807, 2.05) is 0 Å². The van der Waals surface area contributed by atoms with Gasteiger partial charge in [-0.2, -0.15) is 0 Å². The fourth-order valence-electron chi connectivity index (χ4n) is 1.99. The maximum absolute atomic E-state index is 9.98. The normalized spacial score (nSPS) is 19.9. The summed E-state index contributed by atoms with van der Waals surface area (Å²) in [6.07, 6.45) is -24.2. The standard InChI is InChI=1S/3C6H12O7.Re/c3*7-1-2(8)3(9)4(10)5(11)6(12)13;/h3*2-5,7-11H,1H2,(H,12,13);/q;;;+3/p-3/t3*2-,3-,4+,5-;/m111./s1. The SMILES string of the molecule is O=C([O-])[C@H](O)[C@@H](O)[C@H](O)[C@H](O)CO.O=C([O-])[C@H](O)[C@@H](O)[C@H](O)[C@H](O)CO.O=C([O-])[C@H](O)[C@@H](O)[C@H](O)[C@H](O)CO.[Re+3]. The molecule has 238 valence electrons. The van der Waals surface area contributed by atoms with Crippen molar-refractivity contribution in [3.63, 3.8) is 0 Å². The molecule has 0 aromatic heterocycles. The molecule has 12 atom stereocenters. The first-order valence-electron chi connectivity index (χ1n) is 10.4. The van der Waals surface area contributed by atoms with Gasteiger partial charge in [0, 0.05) is 0 Å². The molecule has 0 saturated heterocycles. The van der Waals surface area contributed by atoms with Crippen LogP contribution in [-0.4, -0.2) is 188 Å². The van der Waals surface area contributed by atoms with Crippen LogP contribution in [0.2, 0.25) is 0 Å². The Morgan fingerprint density at radius 1 is 0.400 bits per heavy atom. The molecule has 0 radical (unpaired) electrons. The summed E-state index contributed by atoms with van der Waals surface area (Å²) < 4.78 is 0. The molecule has 0 bridgehead atoms. The molecule has 0 rings (SSSR count). The van der Waals surface area contributed by atoms with Gasteiger partial charge in [-0.3, -0.25) is 0 Å². The largest absolute Gasteiger partial charge is 3.00 e. The topological polar surface area (TPSA) is 424 Å². The maximum atomic E-state index is 9.98. The second-order valence-electron chi connectivity index (χ2n) is 7.48. The van der Waals surface area contributed by atoms with E-state index in [2.05, 4.69) is 0 Å². The Labute approximate surface area is 238 Å². The van der Waals surface area contributed by atoms with Crippen LogP contribution in [0.25, 0.3) is 0 Å². The van der Waals surface area contributed by atoms with Crippen LogP contribution >= 0.6 is 0 Å². The minimum Gasteiger partial charge on any atom is -0.547 e. The zero-order chi connectivity index (χ0) is 31.8. The van der Waals surface area contributed by atoms with Crippen LogP contribution in [-0.2, 0) is 34.8 Å². The Morgan fingerprint density at radius 3 is 0.650 bits per heavy atom. The van der Waals surface area contributed by atoms with Crippen molar-refractivity contribution in [2.75, 3.05) is 19.8 Å². The first kappa shape index (κ1) is 45.5. The van der Waals surface area contributed by atoms with Crippen molar-refractivity contribution >= 4 is 17.9 Å². The van der Waals surface area contributed by atoms with Crippen LogP contribution in [0, 0.1) is 0 Å².